The molecule has 1 saturated carbocycles. The zero-order valence-corrected chi connectivity index (χ0v) is 16.2. The topological polar surface area (TPSA) is 78.0 Å². The number of rotatable bonds is 3. The van der Waals surface area contributed by atoms with Crippen molar-refractivity contribution in [1.29, 1.82) is 0 Å². The summed E-state index contributed by atoms with van der Waals surface area (Å²) in [5.74, 6) is 1.66. The fourth-order valence-corrected chi connectivity index (χ4v) is 4.58. The molecule has 1 aliphatic heterocycles. The van der Waals surface area contributed by atoms with Crippen molar-refractivity contribution in [3.8, 4) is 11.4 Å². The SMILES string of the molecule is CC[C@@H]1C(=O)N(C)c2cnc(-c3cnc4[nH]ccc4c3)nc2N1C1CCCC1. The quantitative estimate of drug-likeness (QED) is 0.757. The third kappa shape index (κ3) is 2.57. The summed E-state index contributed by atoms with van der Waals surface area (Å²) >= 11 is 0. The Morgan fingerprint density at radius 1 is 1.21 bits per heavy atom. The molecule has 1 atom stereocenters. The number of carbonyl (C=O) groups excluding carboxylic acids is 1. The number of hydrogen-bond acceptors (Lipinski definition) is 5. The second-order valence-corrected chi connectivity index (χ2v) is 7.71. The smallest absolute Gasteiger partial charge is 0.249 e. The first-order valence-electron chi connectivity index (χ1n) is 10.0. The largest absolute Gasteiger partial charge is 0.346 e. The third-order valence-corrected chi connectivity index (χ3v) is 6.07. The molecular weight excluding hydrogens is 352 g/mol. The maximum Gasteiger partial charge on any atom is 0.249 e. The molecule has 0 saturated heterocycles. The fraction of sp³-hybridized carbons (Fsp3) is 0.429. The Bertz CT molecular complexity index is 1040. The van der Waals surface area contributed by atoms with E-state index in [0.29, 0.717) is 11.9 Å². The van der Waals surface area contributed by atoms with Crippen LogP contribution >= 0.6 is 0 Å². The number of anilines is 2. The van der Waals surface area contributed by atoms with Gasteiger partial charge in [-0.2, -0.15) is 0 Å². The first-order valence-corrected chi connectivity index (χ1v) is 10.0. The van der Waals surface area contributed by atoms with Crippen molar-refractivity contribution in [2.75, 3.05) is 16.8 Å². The van der Waals surface area contributed by atoms with Gasteiger partial charge < -0.3 is 14.8 Å². The first kappa shape index (κ1) is 17.2. The average molecular weight is 376 g/mol. The Morgan fingerprint density at radius 2 is 2.04 bits per heavy atom. The molecule has 4 heterocycles. The Kier molecular flexibility index (Phi) is 4.03. The minimum atomic E-state index is -0.159. The average Bonchev–Trinajstić information content (AvgIpc) is 3.41. The number of carbonyl (C=O) groups is 1. The van der Waals surface area contributed by atoms with E-state index in [2.05, 4.69) is 32.8 Å². The molecule has 5 rings (SSSR count). The van der Waals surface area contributed by atoms with Crippen LogP contribution in [0, 0.1) is 0 Å². The summed E-state index contributed by atoms with van der Waals surface area (Å²) in [6.45, 7) is 2.08. The van der Waals surface area contributed by atoms with Crippen molar-refractivity contribution < 1.29 is 4.79 Å². The number of hydrogen-bond donors (Lipinski definition) is 1. The van der Waals surface area contributed by atoms with Crippen LogP contribution in [0.1, 0.15) is 39.0 Å². The molecule has 2 aliphatic rings. The molecule has 0 spiro atoms. The number of nitrogens with zero attached hydrogens (tertiary/aromatic N) is 5. The lowest BCUT2D eigenvalue weighted by molar-refractivity contribution is -0.120. The van der Waals surface area contributed by atoms with E-state index in [1.54, 1.807) is 17.3 Å². The summed E-state index contributed by atoms with van der Waals surface area (Å²) in [4.78, 5) is 34.1. The summed E-state index contributed by atoms with van der Waals surface area (Å²) in [6.07, 6.45) is 10.9. The van der Waals surface area contributed by atoms with Gasteiger partial charge in [-0.05, 0) is 31.4 Å². The Hall–Kier alpha value is -2.96. The molecule has 0 aromatic carbocycles. The Morgan fingerprint density at radius 3 is 2.82 bits per heavy atom. The monoisotopic (exact) mass is 376 g/mol. The van der Waals surface area contributed by atoms with Crippen LogP contribution in [0.5, 0.6) is 0 Å². The van der Waals surface area contributed by atoms with E-state index in [9.17, 15) is 4.79 Å². The van der Waals surface area contributed by atoms with Crippen LogP contribution in [0.4, 0.5) is 11.5 Å². The number of nitrogens with one attached hydrogen (secondary N) is 1. The highest BCUT2D eigenvalue weighted by Crippen LogP contribution is 2.40. The molecular formula is C21H24N6O. The molecule has 1 amide bonds. The van der Waals surface area contributed by atoms with Gasteiger partial charge >= 0.3 is 0 Å². The highest BCUT2D eigenvalue weighted by Gasteiger charge is 2.41. The van der Waals surface area contributed by atoms with Crippen molar-refractivity contribution in [2.24, 2.45) is 0 Å². The van der Waals surface area contributed by atoms with Crippen LogP contribution in [0.2, 0.25) is 0 Å². The van der Waals surface area contributed by atoms with E-state index in [1.807, 2.05) is 19.3 Å². The number of H-pyrrole nitrogens is 1. The van der Waals surface area contributed by atoms with Gasteiger partial charge in [-0.25, -0.2) is 15.0 Å². The zero-order chi connectivity index (χ0) is 19.3. The highest BCUT2D eigenvalue weighted by molar-refractivity contribution is 6.04. The van der Waals surface area contributed by atoms with Crippen LogP contribution in [0.3, 0.4) is 0 Å². The van der Waals surface area contributed by atoms with E-state index in [4.69, 9.17) is 4.98 Å². The van der Waals surface area contributed by atoms with E-state index in [-0.39, 0.29) is 11.9 Å². The van der Waals surface area contributed by atoms with E-state index in [1.165, 1.54) is 12.8 Å². The molecule has 7 nitrogen and oxygen atoms in total. The van der Waals surface area contributed by atoms with Crippen molar-refractivity contribution >= 4 is 28.4 Å². The highest BCUT2D eigenvalue weighted by atomic mass is 16.2. The van der Waals surface area contributed by atoms with Gasteiger partial charge in [0.25, 0.3) is 0 Å². The number of pyridine rings is 1. The second kappa shape index (κ2) is 6.58. The summed E-state index contributed by atoms with van der Waals surface area (Å²) in [7, 11) is 1.83. The molecule has 0 bridgehead atoms. The standard InChI is InChI=1S/C21H24N6O/c1-3-16-21(28)26(2)17-12-24-19(14-10-13-8-9-22-18(13)23-11-14)25-20(17)27(16)15-6-4-5-7-15/h8-12,15-16H,3-7H2,1-2H3,(H,22,23)/t16-/m1/s1. The maximum absolute atomic E-state index is 13.0. The van der Waals surface area contributed by atoms with Gasteiger partial charge in [0.1, 0.15) is 17.4 Å². The molecule has 1 N–H and O–H groups in total. The van der Waals surface area contributed by atoms with Crippen LogP contribution in [-0.2, 0) is 4.79 Å². The molecule has 1 aliphatic carbocycles. The van der Waals surface area contributed by atoms with Crippen molar-refractivity contribution in [3.63, 3.8) is 0 Å². The van der Waals surface area contributed by atoms with Crippen LogP contribution in [0.15, 0.2) is 30.7 Å². The first-order chi connectivity index (χ1) is 13.7. The normalized spacial score (nSPS) is 20.2. The predicted octanol–water partition coefficient (Wildman–Crippen LogP) is 3.52. The summed E-state index contributed by atoms with van der Waals surface area (Å²) < 4.78 is 0. The number of aromatic amines is 1. The molecule has 3 aromatic heterocycles. The second-order valence-electron chi connectivity index (χ2n) is 7.71. The van der Waals surface area contributed by atoms with Gasteiger partial charge in [0.2, 0.25) is 5.91 Å². The summed E-state index contributed by atoms with van der Waals surface area (Å²) in [5.41, 5.74) is 2.53. The van der Waals surface area contributed by atoms with Crippen molar-refractivity contribution in [2.45, 2.75) is 51.1 Å². The minimum Gasteiger partial charge on any atom is -0.346 e. The molecule has 0 unspecified atom stereocenters. The molecule has 7 heteroatoms. The van der Waals surface area contributed by atoms with E-state index >= 15 is 0 Å². The Balaban J connectivity index is 1.64. The number of amides is 1. The maximum atomic E-state index is 13.0. The number of aromatic nitrogens is 4. The van der Waals surface area contributed by atoms with Gasteiger partial charge in [-0.1, -0.05) is 19.8 Å². The third-order valence-electron chi connectivity index (χ3n) is 6.07. The molecule has 28 heavy (non-hydrogen) atoms. The minimum absolute atomic E-state index is 0.133. The van der Waals surface area contributed by atoms with Crippen molar-refractivity contribution in [1.82, 2.24) is 19.9 Å². The molecule has 1 fully saturated rings. The Labute approximate surface area is 163 Å². The van der Waals surface area contributed by atoms with Crippen LogP contribution in [0.25, 0.3) is 22.4 Å². The van der Waals surface area contributed by atoms with Gasteiger partial charge in [0.15, 0.2) is 11.6 Å². The lowest BCUT2D eigenvalue weighted by Gasteiger charge is -2.43. The van der Waals surface area contributed by atoms with Gasteiger partial charge in [0, 0.05) is 36.4 Å². The summed E-state index contributed by atoms with van der Waals surface area (Å²) in [6, 6.07) is 4.26. The fourth-order valence-electron chi connectivity index (χ4n) is 4.58. The van der Waals surface area contributed by atoms with E-state index in [0.717, 1.165) is 47.4 Å². The van der Waals surface area contributed by atoms with Gasteiger partial charge in [-0.15, -0.1) is 0 Å². The molecule has 144 valence electrons. The zero-order valence-electron chi connectivity index (χ0n) is 16.2. The lowest BCUT2D eigenvalue weighted by atomic mass is 10.0. The number of fused-ring (bicyclic) bond motifs is 2. The number of likely N-dealkylation sites (N-methyl/N-ethyl adjacent to an activating group) is 1. The summed E-state index contributed by atoms with van der Waals surface area (Å²) in [5, 5.41) is 1.03. The van der Waals surface area contributed by atoms with Crippen LogP contribution < -0.4 is 9.80 Å². The van der Waals surface area contributed by atoms with Crippen LogP contribution in [-0.4, -0.2) is 45.0 Å². The lowest BCUT2D eigenvalue weighted by Crippen LogP contribution is -2.55. The van der Waals surface area contributed by atoms with Crippen molar-refractivity contribution in [3.05, 3.63) is 30.7 Å². The molecule has 0 radical (unpaired) electrons. The molecule has 3 aromatic rings. The predicted molar refractivity (Wildman–Crippen MR) is 109 cm³/mol. The van der Waals surface area contributed by atoms with Gasteiger partial charge in [-0.3, -0.25) is 4.79 Å². The van der Waals surface area contributed by atoms with Gasteiger partial charge in [0.05, 0.1) is 6.20 Å². The van der Waals surface area contributed by atoms with E-state index < -0.39 is 0 Å².